The van der Waals surface area contributed by atoms with E-state index in [9.17, 15) is 4.39 Å². The second-order valence-electron chi connectivity index (χ2n) is 4.96. The Balaban J connectivity index is 2.16. The van der Waals surface area contributed by atoms with Gasteiger partial charge in [0.25, 0.3) is 0 Å². The van der Waals surface area contributed by atoms with Crippen molar-refractivity contribution in [2.75, 3.05) is 12.3 Å². The number of nitrogen functional groups attached to an aromatic ring is 1. The highest BCUT2D eigenvalue weighted by molar-refractivity contribution is 5.41. The number of benzene rings is 2. The minimum atomic E-state index is -0.316. The van der Waals surface area contributed by atoms with Gasteiger partial charge in [0.1, 0.15) is 5.82 Å². The molecule has 0 unspecified atom stereocenters. The second kappa shape index (κ2) is 6.87. The summed E-state index contributed by atoms with van der Waals surface area (Å²) in [7, 11) is 0. The van der Waals surface area contributed by atoms with E-state index in [0.717, 1.165) is 17.8 Å². The Morgan fingerprint density at radius 2 is 2.00 bits per heavy atom. The lowest BCUT2D eigenvalue weighted by molar-refractivity contribution is 0.271. The predicted molar refractivity (Wildman–Crippen MR) is 81.8 cm³/mol. The molecule has 0 amide bonds. The van der Waals surface area contributed by atoms with Crippen molar-refractivity contribution in [3.8, 4) is 6.07 Å². The maximum absolute atomic E-state index is 13.4. The van der Waals surface area contributed by atoms with E-state index in [4.69, 9.17) is 11.0 Å². The third-order valence-electron chi connectivity index (χ3n) is 3.39. The third kappa shape index (κ3) is 4.04. The molecule has 21 heavy (non-hydrogen) atoms. The number of halogens is 1. The van der Waals surface area contributed by atoms with Crippen molar-refractivity contribution in [1.29, 1.82) is 5.26 Å². The fourth-order valence-corrected chi connectivity index (χ4v) is 2.27. The van der Waals surface area contributed by atoms with Crippen molar-refractivity contribution in [2.45, 2.75) is 20.0 Å². The largest absolute Gasteiger partial charge is 0.399 e. The fourth-order valence-electron chi connectivity index (χ4n) is 2.27. The highest BCUT2D eigenvalue weighted by Crippen LogP contribution is 2.16. The normalized spacial score (nSPS) is 10.6. The second-order valence-corrected chi connectivity index (χ2v) is 4.96. The summed E-state index contributed by atoms with van der Waals surface area (Å²) < 4.78 is 13.4. The van der Waals surface area contributed by atoms with Crippen LogP contribution in [0.15, 0.2) is 42.5 Å². The molecule has 0 heterocycles. The van der Waals surface area contributed by atoms with E-state index in [2.05, 4.69) is 11.0 Å². The highest BCUT2D eigenvalue weighted by atomic mass is 19.1. The van der Waals surface area contributed by atoms with Crippen molar-refractivity contribution in [3.63, 3.8) is 0 Å². The summed E-state index contributed by atoms with van der Waals surface area (Å²) >= 11 is 0. The van der Waals surface area contributed by atoms with Crippen molar-refractivity contribution in [1.82, 2.24) is 4.90 Å². The topological polar surface area (TPSA) is 53.0 Å². The first-order valence-electron chi connectivity index (χ1n) is 6.87. The van der Waals surface area contributed by atoms with Crippen LogP contribution in [0, 0.1) is 17.1 Å². The van der Waals surface area contributed by atoms with Gasteiger partial charge in [-0.3, -0.25) is 4.90 Å². The van der Waals surface area contributed by atoms with Gasteiger partial charge in [0.05, 0.1) is 11.6 Å². The molecule has 2 N–H and O–H groups in total. The van der Waals surface area contributed by atoms with Gasteiger partial charge in [0.15, 0.2) is 0 Å². The van der Waals surface area contributed by atoms with Crippen LogP contribution < -0.4 is 5.73 Å². The molecule has 4 heteroatoms. The molecule has 0 aliphatic heterocycles. The van der Waals surface area contributed by atoms with Gasteiger partial charge in [-0.2, -0.15) is 5.26 Å². The van der Waals surface area contributed by atoms with Crippen LogP contribution in [-0.2, 0) is 13.1 Å². The third-order valence-corrected chi connectivity index (χ3v) is 3.39. The molecular weight excluding hydrogens is 265 g/mol. The van der Waals surface area contributed by atoms with E-state index in [1.54, 1.807) is 0 Å². The summed E-state index contributed by atoms with van der Waals surface area (Å²) in [6, 6.07) is 14.1. The van der Waals surface area contributed by atoms with E-state index in [1.807, 2.05) is 31.2 Å². The smallest absolute Gasteiger partial charge is 0.123 e. The van der Waals surface area contributed by atoms with Crippen molar-refractivity contribution in [3.05, 3.63) is 65.0 Å². The Labute approximate surface area is 124 Å². The summed E-state index contributed by atoms with van der Waals surface area (Å²) in [6.45, 7) is 4.09. The Morgan fingerprint density at radius 1 is 1.19 bits per heavy atom. The van der Waals surface area contributed by atoms with E-state index >= 15 is 0 Å². The van der Waals surface area contributed by atoms with Gasteiger partial charge in [-0.25, -0.2) is 4.39 Å². The zero-order valence-corrected chi connectivity index (χ0v) is 12.0. The highest BCUT2D eigenvalue weighted by Gasteiger charge is 2.10. The molecule has 2 aromatic rings. The predicted octanol–water partition coefficient (Wildman–Crippen LogP) is 3.30. The standard InChI is InChI=1S/C17H18FN3/c1-2-21(11-13-4-3-5-17(20)8-13)12-15-9-16(18)7-6-14(15)10-19/h3-9H,2,11-12,20H2,1H3. The van der Waals surface area contributed by atoms with E-state index in [0.29, 0.717) is 24.2 Å². The molecule has 108 valence electrons. The molecule has 0 spiro atoms. The molecule has 0 aliphatic carbocycles. The average molecular weight is 283 g/mol. The molecule has 0 atom stereocenters. The van der Waals surface area contributed by atoms with Crippen LogP contribution in [-0.4, -0.2) is 11.4 Å². The number of anilines is 1. The van der Waals surface area contributed by atoms with Crippen LogP contribution >= 0.6 is 0 Å². The number of nitrogens with two attached hydrogens (primary N) is 1. The lowest BCUT2D eigenvalue weighted by atomic mass is 10.1. The van der Waals surface area contributed by atoms with Crippen LogP contribution in [0.4, 0.5) is 10.1 Å². The van der Waals surface area contributed by atoms with Crippen LogP contribution in [0.2, 0.25) is 0 Å². The van der Waals surface area contributed by atoms with Gasteiger partial charge < -0.3 is 5.73 Å². The molecule has 0 bridgehead atoms. The molecule has 0 radical (unpaired) electrons. The van der Waals surface area contributed by atoms with Crippen LogP contribution in [0.25, 0.3) is 0 Å². The Bertz CT molecular complexity index is 661. The Hall–Kier alpha value is -2.38. The summed E-state index contributed by atoms with van der Waals surface area (Å²) in [5, 5.41) is 9.11. The number of nitriles is 1. The van der Waals surface area contributed by atoms with Crippen LogP contribution in [0.5, 0.6) is 0 Å². The SMILES string of the molecule is CCN(Cc1cccc(N)c1)Cc1cc(F)ccc1C#N. The molecule has 3 nitrogen and oxygen atoms in total. The van der Waals surface area contributed by atoms with Crippen molar-refractivity contribution < 1.29 is 4.39 Å². The fraction of sp³-hybridized carbons (Fsp3) is 0.235. The molecule has 2 rings (SSSR count). The minimum absolute atomic E-state index is 0.316. The van der Waals surface area contributed by atoms with Crippen molar-refractivity contribution >= 4 is 5.69 Å². The number of hydrogen-bond donors (Lipinski definition) is 1. The Kier molecular flexibility index (Phi) is 4.91. The van der Waals surface area contributed by atoms with Crippen LogP contribution in [0.1, 0.15) is 23.6 Å². The summed E-state index contributed by atoms with van der Waals surface area (Å²) in [5.74, 6) is -0.316. The quantitative estimate of drug-likeness (QED) is 0.857. The zero-order valence-electron chi connectivity index (χ0n) is 12.0. The lowest BCUT2D eigenvalue weighted by Crippen LogP contribution is -2.23. The molecular formula is C17H18FN3. The first-order valence-corrected chi connectivity index (χ1v) is 6.87. The van der Waals surface area contributed by atoms with Crippen LogP contribution in [0.3, 0.4) is 0 Å². The maximum atomic E-state index is 13.4. The molecule has 0 saturated carbocycles. The monoisotopic (exact) mass is 283 g/mol. The molecule has 2 aromatic carbocycles. The Morgan fingerprint density at radius 3 is 2.67 bits per heavy atom. The maximum Gasteiger partial charge on any atom is 0.123 e. The van der Waals surface area contributed by atoms with E-state index in [1.165, 1.54) is 18.2 Å². The van der Waals surface area contributed by atoms with E-state index < -0.39 is 0 Å². The number of hydrogen-bond acceptors (Lipinski definition) is 3. The molecule has 0 aromatic heterocycles. The van der Waals surface area contributed by atoms with Gasteiger partial charge in [-0.15, -0.1) is 0 Å². The van der Waals surface area contributed by atoms with Crippen molar-refractivity contribution in [2.24, 2.45) is 0 Å². The lowest BCUT2D eigenvalue weighted by Gasteiger charge is -2.21. The summed E-state index contributed by atoms with van der Waals surface area (Å²) in [6.07, 6.45) is 0. The van der Waals surface area contributed by atoms with E-state index in [-0.39, 0.29) is 5.82 Å². The average Bonchev–Trinajstić information content (AvgIpc) is 2.47. The molecule has 0 saturated heterocycles. The van der Waals surface area contributed by atoms with Gasteiger partial charge in [-0.05, 0) is 48.0 Å². The van der Waals surface area contributed by atoms with Gasteiger partial charge >= 0.3 is 0 Å². The van der Waals surface area contributed by atoms with Gasteiger partial charge in [0.2, 0.25) is 0 Å². The molecule has 0 fully saturated rings. The first kappa shape index (κ1) is 15.0. The summed E-state index contributed by atoms with van der Waals surface area (Å²) in [5.41, 5.74) is 8.84. The molecule has 0 aliphatic rings. The number of rotatable bonds is 5. The number of nitrogens with zero attached hydrogens (tertiary/aromatic N) is 2. The minimum Gasteiger partial charge on any atom is -0.399 e. The first-order chi connectivity index (χ1) is 10.1. The zero-order chi connectivity index (χ0) is 15.2. The van der Waals surface area contributed by atoms with Gasteiger partial charge in [0, 0.05) is 18.8 Å². The van der Waals surface area contributed by atoms with Gasteiger partial charge in [-0.1, -0.05) is 19.1 Å². The summed E-state index contributed by atoms with van der Waals surface area (Å²) in [4.78, 5) is 2.14.